The van der Waals surface area contributed by atoms with Gasteiger partial charge in [-0.2, -0.15) is 0 Å². The van der Waals surface area contributed by atoms with Gasteiger partial charge in [0, 0.05) is 50.1 Å². The first-order valence-electron chi connectivity index (χ1n) is 12.2. The van der Waals surface area contributed by atoms with E-state index in [0.29, 0.717) is 18.3 Å². The summed E-state index contributed by atoms with van der Waals surface area (Å²) in [6.45, 7) is 3.70. The van der Waals surface area contributed by atoms with Crippen LogP contribution in [0.15, 0.2) is 18.6 Å². The van der Waals surface area contributed by atoms with E-state index in [-0.39, 0.29) is 23.7 Å². The Bertz CT molecular complexity index is 828. The summed E-state index contributed by atoms with van der Waals surface area (Å²) in [6, 6.07) is 1.99. The molecule has 3 heterocycles. The number of carbonyl (C=O) groups is 1. The van der Waals surface area contributed by atoms with Crippen LogP contribution in [0.5, 0.6) is 0 Å². The molecule has 1 aromatic heterocycles. The van der Waals surface area contributed by atoms with Crippen LogP contribution >= 0.6 is 0 Å². The van der Waals surface area contributed by atoms with E-state index in [0.717, 1.165) is 51.3 Å². The zero-order chi connectivity index (χ0) is 21.2. The Kier molecular flexibility index (Phi) is 4.73. The van der Waals surface area contributed by atoms with E-state index >= 15 is 0 Å². The molecular formula is C24H32F2N4O. The molecule has 31 heavy (non-hydrogen) atoms. The molecule has 0 aromatic carbocycles. The van der Waals surface area contributed by atoms with Crippen LogP contribution in [-0.4, -0.2) is 52.9 Å². The average molecular weight is 431 g/mol. The molecule has 0 radical (unpaired) electrons. The Morgan fingerprint density at radius 2 is 1.74 bits per heavy atom. The zero-order valence-corrected chi connectivity index (χ0v) is 18.0. The average Bonchev–Trinajstić information content (AvgIpc) is 3.03. The molecule has 5 nitrogen and oxygen atoms in total. The first kappa shape index (κ1) is 19.9. The van der Waals surface area contributed by atoms with Crippen molar-refractivity contribution in [3.8, 4) is 0 Å². The topological polar surface area (TPSA) is 49.3 Å². The maximum absolute atomic E-state index is 14.0. The molecule has 0 spiro atoms. The number of hydrogen-bond donors (Lipinski definition) is 0. The van der Waals surface area contributed by atoms with Gasteiger partial charge in [0.05, 0.1) is 0 Å². The fourth-order valence-electron chi connectivity index (χ4n) is 7.74. The Hall–Kier alpha value is -1.79. The van der Waals surface area contributed by atoms with E-state index in [1.54, 1.807) is 12.5 Å². The van der Waals surface area contributed by atoms with Gasteiger partial charge in [-0.3, -0.25) is 4.79 Å². The summed E-state index contributed by atoms with van der Waals surface area (Å²) in [7, 11) is 0. The van der Waals surface area contributed by atoms with Gasteiger partial charge >= 0.3 is 0 Å². The van der Waals surface area contributed by atoms with Crippen molar-refractivity contribution in [2.45, 2.75) is 50.9 Å². The van der Waals surface area contributed by atoms with Crippen LogP contribution in [-0.2, 0) is 4.79 Å². The number of hydrogen-bond acceptors (Lipinski definition) is 4. The van der Waals surface area contributed by atoms with Crippen molar-refractivity contribution >= 4 is 11.7 Å². The number of anilines is 1. The third kappa shape index (κ3) is 3.25. The van der Waals surface area contributed by atoms with Gasteiger partial charge in [0.15, 0.2) is 0 Å². The fourth-order valence-corrected chi connectivity index (χ4v) is 7.74. The van der Waals surface area contributed by atoms with Crippen LogP contribution in [0.3, 0.4) is 0 Å². The number of carbonyl (C=O) groups excluding carboxylic acids is 1. The van der Waals surface area contributed by atoms with Crippen molar-refractivity contribution in [2.75, 3.05) is 31.1 Å². The Morgan fingerprint density at radius 1 is 0.968 bits per heavy atom. The monoisotopic (exact) mass is 430 g/mol. The Morgan fingerprint density at radius 3 is 2.48 bits per heavy atom. The van der Waals surface area contributed by atoms with Crippen LogP contribution < -0.4 is 4.90 Å². The van der Waals surface area contributed by atoms with Crippen molar-refractivity contribution in [1.82, 2.24) is 14.9 Å². The number of nitrogens with zero attached hydrogens (tertiary/aromatic N) is 4. The second-order valence-corrected chi connectivity index (χ2v) is 10.6. The Balaban J connectivity index is 1.02. The van der Waals surface area contributed by atoms with Gasteiger partial charge in [-0.25, -0.2) is 18.7 Å². The lowest BCUT2D eigenvalue weighted by Crippen LogP contribution is -2.44. The van der Waals surface area contributed by atoms with E-state index in [4.69, 9.17) is 0 Å². The van der Waals surface area contributed by atoms with Crippen molar-refractivity contribution in [2.24, 2.45) is 41.4 Å². The molecule has 6 unspecified atom stereocenters. The molecule has 6 atom stereocenters. The number of rotatable bonds is 3. The molecule has 6 rings (SSSR count). The van der Waals surface area contributed by atoms with Gasteiger partial charge in [-0.15, -0.1) is 0 Å². The van der Waals surface area contributed by atoms with Crippen molar-refractivity contribution in [3.05, 3.63) is 18.6 Å². The highest BCUT2D eigenvalue weighted by atomic mass is 19.3. The summed E-state index contributed by atoms with van der Waals surface area (Å²) in [5.41, 5.74) is 0. The fraction of sp³-hybridized carbons (Fsp3) is 0.792. The molecule has 5 aliphatic rings. The van der Waals surface area contributed by atoms with Crippen molar-refractivity contribution in [1.29, 1.82) is 0 Å². The van der Waals surface area contributed by atoms with E-state index in [1.165, 1.54) is 19.3 Å². The molecule has 2 bridgehead atoms. The van der Waals surface area contributed by atoms with Crippen LogP contribution in [0, 0.1) is 41.4 Å². The predicted octanol–water partition coefficient (Wildman–Crippen LogP) is 3.86. The summed E-state index contributed by atoms with van der Waals surface area (Å²) in [5, 5.41) is 0. The highest BCUT2D eigenvalue weighted by Crippen LogP contribution is 2.75. The minimum absolute atomic E-state index is 0.0511. The van der Waals surface area contributed by atoms with Gasteiger partial charge in [-0.1, -0.05) is 0 Å². The molecule has 0 N–H and O–H groups in total. The highest BCUT2D eigenvalue weighted by molar-refractivity contribution is 5.80. The molecule has 1 amide bonds. The van der Waals surface area contributed by atoms with Gasteiger partial charge < -0.3 is 9.80 Å². The van der Waals surface area contributed by atoms with Crippen molar-refractivity contribution in [3.63, 3.8) is 0 Å². The number of piperidine rings is 1. The molecule has 7 heteroatoms. The SMILES string of the molecule is O=C(C1CC2CC1C1C2C1(F)F)N1CCC(C2CCCN(c3ccncn3)CC2)CC1. The molecule has 2 saturated heterocycles. The lowest BCUT2D eigenvalue weighted by molar-refractivity contribution is -0.139. The predicted molar refractivity (Wildman–Crippen MR) is 113 cm³/mol. The Labute approximate surface area is 182 Å². The minimum Gasteiger partial charge on any atom is -0.357 e. The van der Waals surface area contributed by atoms with Crippen LogP contribution in [0.2, 0.25) is 0 Å². The van der Waals surface area contributed by atoms with Crippen LogP contribution in [0.4, 0.5) is 14.6 Å². The summed E-state index contributed by atoms with van der Waals surface area (Å²) in [6.07, 6.45) is 10.7. The van der Waals surface area contributed by atoms with Gasteiger partial charge in [0.2, 0.25) is 5.91 Å². The van der Waals surface area contributed by atoms with E-state index in [1.807, 2.05) is 11.0 Å². The summed E-state index contributed by atoms with van der Waals surface area (Å²) in [5.74, 6) is -0.863. The van der Waals surface area contributed by atoms with E-state index < -0.39 is 17.8 Å². The molecule has 5 fully saturated rings. The highest BCUT2D eigenvalue weighted by Gasteiger charge is 2.80. The number of alkyl halides is 2. The number of likely N-dealkylation sites (tertiary alicyclic amines) is 1. The minimum atomic E-state index is -2.48. The summed E-state index contributed by atoms with van der Waals surface area (Å²) >= 11 is 0. The first-order chi connectivity index (χ1) is 15.0. The molecule has 3 aliphatic carbocycles. The number of fused-ring (bicyclic) bond motifs is 5. The van der Waals surface area contributed by atoms with Crippen molar-refractivity contribution < 1.29 is 13.6 Å². The number of amides is 1. The lowest BCUT2D eigenvalue weighted by Gasteiger charge is -2.38. The quantitative estimate of drug-likeness (QED) is 0.731. The van der Waals surface area contributed by atoms with E-state index in [2.05, 4.69) is 14.9 Å². The van der Waals surface area contributed by atoms with E-state index in [9.17, 15) is 13.6 Å². The van der Waals surface area contributed by atoms with Crippen LogP contribution in [0.1, 0.15) is 44.9 Å². The summed E-state index contributed by atoms with van der Waals surface area (Å²) < 4.78 is 27.9. The molecule has 2 aliphatic heterocycles. The van der Waals surface area contributed by atoms with Gasteiger partial charge in [0.1, 0.15) is 12.1 Å². The third-order valence-corrected chi connectivity index (χ3v) is 9.28. The maximum Gasteiger partial charge on any atom is 0.255 e. The molecular weight excluding hydrogens is 398 g/mol. The molecule has 168 valence electrons. The summed E-state index contributed by atoms with van der Waals surface area (Å²) in [4.78, 5) is 26.0. The second-order valence-electron chi connectivity index (χ2n) is 10.6. The normalized spacial score (nSPS) is 39.3. The van der Waals surface area contributed by atoms with Gasteiger partial charge in [-0.05, 0) is 74.7 Å². The number of aromatic nitrogens is 2. The lowest BCUT2D eigenvalue weighted by atomic mass is 9.79. The smallest absolute Gasteiger partial charge is 0.255 e. The zero-order valence-electron chi connectivity index (χ0n) is 18.0. The third-order valence-electron chi connectivity index (χ3n) is 9.28. The largest absolute Gasteiger partial charge is 0.357 e. The standard InChI is InChI=1S/C24H32F2N4O/c25-24(26)21-17-12-18(22(21)24)19(13-17)23(31)30-10-5-16(6-11-30)15-2-1-8-29(9-4-15)20-3-7-27-14-28-20/h3,7,14-19,21-22H,1-2,4-6,8-13H2. The van der Waals surface area contributed by atoms with Crippen LogP contribution in [0.25, 0.3) is 0 Å². The first-order valence-corrected chi connectivity index (χ1v) is 12.2. The maximum atomic E-state index is 14.0. The number of halogens is 2. The second kappa shape index (κ2) is 7.38. The van der Waals surface area contributed by atoms with Gasteiger partial charge in [0.25, 0.3) is 5.92 Å². The molecule has 1 aromatic rings. The molecule has 3 saturated carbocycles.